The SMILES string of the molecule is COc1cc(OC)c(NC(=O)c2nc(C)n(-c3ccc(Cl)cc3)n2)cc1Cl. The molecule has 0 saturated heterocycles. The fourth-order valence-electron chi connectivity index (χ4n) is 2.45. The van der Waals surface area contributed by atoms with Gasteiger partial charge in [0.05, 0.1) is 30.6 Å². The predicted octanol–water partition coefficient (Wildman–Crippen LogP) is 4.15. The van der Waals surface area contributed by atoms with Crippen molar-refractivity contribution in [2.75, 3.05) is 19.5 Å². The summed E-state index contributed by atoms with van der Waals surface area (Å²) in [5, 5.41) is 7.92. The van der Waals surface area contributed by atoms with Gasteiger partial charge in [0.15, 0.2) is 0 Å². The minimum absolute atomic E-state index is 0.0106. The maximum Gasteiger partial charge on any atom is 0.295 e. The molecule has 0 unspecified atom stereocenters. The van der Waals surface area contributed by atoms with Crippen LogP contribution in [0.2, 0.25) is 10.0 Å². The number of nitrogens with one attached hydrogen (secondary N) is 1. The molecule has 0 aliphatic rings. The Kier molecular flexibility index (Phi) is 5.53. The smallest absolute Gasteiger partial charge is 0.295 e. The summed E-state index contributed by atoms with van der Waals surface area (Å²) in [6.07, 6.45) is 0. The molecule has 0 spiro atoms. The number of hydrogen-bond donors (Lipinski definition) is 1. The molecule has 1 aromatic heterocycles. The number of aromatic nitrogens is 3. The lowest BCUT2D eigenvalue weighted by Crippen LogP contribution is -2.15. The molecule has 0 saturated carbocycles. The molecule has 27 heavy (non-hydrogen) atoms. The zero-order chi connectivity index (χ0) is 19.6. The number of rotatable bonds is 5. The van der Waals surface area contributed by atoms with E-state index in [1.54, 1.807) is 48.0 Å². The van der Waals surface area contributed by atoms with Crippen LogP contribution in [0.15, 0.2) is 36.4 Å². The van der Waals surface area contributed by atoms with Crippen molar-refractivity contribution in [3.63, 3.8) is 0 Å². The van der Waals surface area contributed by atoms with Crippen LogP contribution in [0.5, 0.6) is 11.5 Å². The molecule has 2 aromatic carbocycles. The second-order valence-electron chi connectivity index (χ2n) is 5.51. The van der Waals surface area contributed by atoms with Gasteiger partial charge in [-0.2, -0.15) is 0 Å². The van der Waals surface area contributed by atoms with Gasteiger partial charge < -0.3 is 14.8 Å². The van der Waals surface area contributed by atoms with E-state index >= 15 is 0 Å². The van der Waals surface area contributed by atoms with Crippen LogP contribution in [0, 0.1) is 6.92 Å². The fraction of sp³-hybridized carbons (Fsp3) is 0.167. The highest BCUT2D eigenvalue weighted by molar-refractivity contribution is 6.32. The molecule has 0 bridgehead atoms. The van der Waals surface area contributed by atoms with Gasteiger partial charge in [0, 0.05) is 11.1 Å². The van der Waals surface area contributed by atoms with E-state index in [0.29, 0.717) is 33.1 Å². The third kappa shape index (κ3) is 3.99. The molecular formula is C18H16Cl2N4O3. The predicted molar refractivity (Wildman–Crippen MR) is 104 cm³/mol. The van der Waals surface area contributed by atoms with Gasteiger partial charge >= 0.3 is 0 Å². The molecule has 0 radical (unpaired) electrons. The summed E-state index contributed by atoms with van der Waals surface area (Å²) in [6, 6.07) is 10.2. The van der Waals surface area contributed by atoms with Crippen molar-refractivity contribution in [3.8, 4) is 17.2 Å². The Morgan fingerprint density at radius 1 is 1.07 bits per heavy atom. The van der Waals surface area contributed by atoms with E-state index in [-0.39, 0.29) is 5.82 Å². The van der Waals surface area contributed by atoms with Crippen molar-refractivity contribution in [2.45, 2.75) is 6.92 Å². The number of carbonyl (C=O) groups is 1. The van der Waals surface area contributed by atoms with E-state index in [9.17, 15) is 4.79 Å². The van der Waals surface area contributed by atoms with E-state index in [4.69, 9.17) is 32.7 Å². The molecule has 3 rings (SSSR count). The number of aryl methyl sites for hydroxylation is 1. The number of anilines is 1. The van der Waals surface area contributed by atoms with Gasteiger partial charge in [0.1, 0.15) is 17.3 Å². The Balaban J connectivity index is 1.88. The van der Waals surface area contributed by atoms with Gasteiger partial charge in [-0.3, -0.25) is 4.79 Å². The fourth-order valence-corrected chi connectivity index (χ4v) is 2.82. The van der Waals surface area contributed by atoms with Crippen molar-refractivity contribution < 1.29 is 14.3 Å². The Labute approximate surface area is 165 Å². The molecule has 0 atom stereocenters. The minimum Gasteiger partial charge on any atom is -0.495 e. The molecule has 3 aromatic rings. The number of nitrogens with zero attached hydrogens (tertiary/aromatic N) is 3. The Hall–Kier alpha value is -2.77. The lowest BCUT2D eigenvalue weighted by molar-refractivity contribution is 0.101. The van der Waals surface area contributed by atoms with Gasteiger partial charge in [-0.05, 0) is 37.3 Å². The lowest BCUT2D eigenvalue weighted by Gasteiger charge is -2.12. The summed E-state index contributed by atoms with van der Waals surface area (Å²) in [5.41, 5.74) is 1.13. The Bertz CT molecular complexity index is 987. The maximum atomic E-state index is 12.6. The van der Waals surface area contributed by atoms with Crippen LogP contribution in [-0.2, 0) is 0 Å². The summed E-state index contributed by atoms with van der Waals surface area (Å²) in [7, 11) is 2.98. The average molecular weight is 407 g/mol. The van der Waals surface area contributed by atoms with Crippen LogP contribution >= 0.6 is 23.2 Å². The van der Waals surface area contributed by atoms with Crippen molar-refractivity contribution >= 4 is 34.8 Å². The van der Waals surface area contributed by atoms with Crippen LogP contribution < -0.4 is 14.8 Å². The first kappa shape index (κ1) is 19.0. The number of methoxy groups -OCH3 is 2. The third-order valence-corrected chi connectivity index (χ3v) is 4.31. The Morgan fingerprint density at radius 3 is 2.37 bits per heavy atom. The highest BCUT2D eigenvalue weighted by atomic mass is 35.5. The van der Waals surface area contributed by atoms with Crippen LogP contribution in [-0.4, -0.2) is 34.9 Å². The molecule has 1 amide bonds. The molecule has 0 fully saturated rings. The number of benzene rings is 2. The van der Waals surface area contributed by atoms with Gasteiger partial charge in [0.2, 0.25) is 5.82 Å². The zero-order valence-corrected chi connectivity index (χ0v) is 16.3. The van der Waals surface area contributed by atoms with E-state index in [0.717, 1.165) is 5.69 Å². The van der Waals surface area contributed by atoms with E-state index in [2.05, 4.69) is 15.4 Å². The molecule has 0 aliphatic heterocycles. The first-order chi connectivity index (χ1) is 12.9. The van der Waals surface area contributed by atoms with Crippen molar-refractivity contribution in [3.05, 3.63) is 58.1 Å². The van der Waals surface area contributed by atoms with Crippen molar-refractivity contribution in [1.29, 1.82) is 0 Å². The normalized spacial score (nSPS) is 10.6. The molecular weight excluding hydrogens is 391 g/mol. The van der Waals surface area contributed by atoms with Gasteiger partial charge in [-0.15, -0.1) is 5.10 Å². The second kappa shape index (κ2) is 7.85. The van der Waals surface area contributed by atoms with Crippen molar-refractivity contribution in [2.24, 2.45) is 0 Å². The topological polar surface area (TPSA) is 78.3 Å². The third-order valence-electron chi connectivity index (χ3n) is 3.77. The number of carbonyl (C=O) groups excluding carboxylic acids is 1. The first-order valence-electron chi connectivity index (χ1n) is 7.85. The highest BCUT2D eigenvalue weighted by Crippen LogP contribution is 2.36. The van der Waals surface area contributed by atoms with Gasteiger partial charge in [-0.1, -0.05) is 23.2 Å². The van der Waals surface area contributed by atoms with E-state index in [1.165, 1.54) is 14.2 Å². The van der Waals surface area contributed by atoms with Crippen LogP contribution in [0.1, 0.15) is 16.4 Å². The monoisotopic (exact) mass is 406 g/mol. The highest BCUT2D eigenvalue weighted by Gasteiger charge is 2.18. The van der Waals surface area contributed by atoms with Crippen LogP contribution in [0.3, 0.4) is 0 Å². The number of ether oxygens (including phenoxy) is 2. The number of halogens is 2. The lowest BCUT2D eigenvalue weighted by atomic mass is 10.2. The second-order valence-corrected chi connectivity index (χ2v) is 6.36. The molecule has 1 N–H and O–H groups in total. The summed E-state index contributed by atoms with van der Waals surface area (Å²) in [5.74, 6) is 0.912. The molecule has 140 valence electrons. The number of amides is 1. The first-order valence-corrected chi connectivity index (χ1v) is 8.61. The van der Waals surface area contributed by atoms with Crippen LogP contribution in [0.25, 0.3) is 5.69 Å². The molecule has 7 nitrogen and oxygen atoms in total. The van der Waals surface area contributed by atoms with Crippen molar-refractivity contribution in [1.82, 2.24) is 14.8 Å². The van der Waals surface area contributed by atoms with Crippen LogP contribution in [0.4, 0.5) is 5.69 Å². The maximum absolute atomic E-state index is 12.6. The standard InChI is InChI=1S/C18H16Cl2N4O3/c1-10-21-17(23-24(10)12-6-4-11(19)5-7-12)18(25)22-14-8-13(20)15(26-2)9-16(14)27-3/h4-9H,1-3H3,(H,22,25). The number of hydrogen-bond acceptors (Lipinski definition) is 5. The summed E-state index contributed by atoms with van der Waals surface area (Å²) in [6.45, 7) is 1.75. The minimum atomic E-state index is -0.495. The van der Waals surface area contributed by atoms with Gasteiger partial charge in [-0.25, -0.2) is 9.67 Å². The summed E-state index contributed by atoms with van der Waals surface area (Å²) >= 11 is 12.0. The van der Waals surface area contributed by atoms with E-state index < -0.39 is 5.91 Å². The molecule has 1 heterocycles. The average Bonchev–Trinajstić information content (AvgIpc) is 3.04. The zero-order valence-electron chi connectivity index (χ0n) is 14.8. The molecule has 0 aliphatic carbocycles. The molecule has 9 heteroatoms. The summed E-state index contributed by atoms with van der Waals surface area (Å²) in [4.78, 5) is 16.8. The van der Waals surface area contributed by atoms with Gasteiger partial charge in [0.25, 0.3) is 5.91 Å². The largest absolute Gasteiger partial charge is 0.495 e. The van der Waals surface area contributed by atoms with E-state index in [1.807, 2.05) is 0 Å². The quantitative estimate of drug-likeness (QED) is 0.688. The summed E-state index contributed by atoms with van der Waals surface area (Å²) < 4.78 is 12.0. The Morgan fingerprint density at radius 2 is 1.74 bits per heavy atom.